The van der Waals surface area contributed by atoms with Crippen molar-refractivity contribution in [3.63, 3.8) is 0 Å². The lowest BCUT2D eigenvalue weighted by atomic mass is 9.95. The first-order chi connectivity index (χ1) is 33.7. The van der Waals surface area contributed by atoms with Crippen molar-refractivity contribution in [1.82, 2.24) is 9.44 Å². The van der Waals surface area contributed by atoms with E-state index in [1.165, 1.54) is 24.3 Å². The lowest BCUT2D eigenvalue weighted by Gasteiger charge is -2.51. The van der Waals surface area contributed by atoms with Crippen LogP contribution in [0.3, 0.4) is 0 Å². The van der Waals surface area contributed by atoms with Gasteiger partial charge in [-0.25, -0.2) is 21.6 Å². The van der Waals surface area contributed by atoms with Crippen LogP contribution in [0.25, 0.3) is 0 Å². The Hall–Kier alpha value is -3.74. The molecule has 15 nitrogen and oxygen atoms in total. The molecule has 3 aliphatic rings. The average Bonchev–Trinajstić information content (AvgIpc) is 3.36. The molecule has 5 aromatic carbocycles. The normalized spacial score (nSPS) is 27.4. The van der Waals surface area contributed by atoms with Gasteiger partial charge in [0, 0.05) is 20.2 Å². The van der Waals surface area contributed by atoms with E-state index in [1.807, 2.05) is 91.0 Å². The van der Waals surface area contributed by atoms with Crippen LogP contribution in [0.1, 0.15) is 23.0 Å². The number of benzene rings is 5. The second-order valence-electron chi connectivity index (χ2n) is 18.5. The summed E-state index contributed by atoms with van der Waals surface area (Å²) in [4.78, 5) is -0.866. The van der Waals surface area contributed by atoms with Crippen LogP contribution in [-0.2, 0) is 75.9 Å². The molecule has 19 heteroatoms. The second-order valence-corrected chi connectivity index (χ2v) is 28.6. The Kier molecular flexibility index (Phi) is 18.3. The topological polar surface area (TPSA) is 175 Å². The Morgan fingerprint density at radius 1 is 0.629 bits per heavy atom. The fraction of sp³-hybridized carbons (Fsp3) is 0.412. The van der Waals surface area contributed by atoms with Gasteiger partial charge in [-0.1, -0.05) is 163 Å². The first-order valence-corrected chi connectivity index (χ1v) is 30.9. The predicted molar refractivity (Wildman–Crippen MR) is 267 cm³/mol. The van der Waals surface area contributed by atoms with Gasteiger partial charge in [0.1, 0.15) is 55.7 Å². The van der Waals surface area contributed by atoms with Gasteiger partial charge < -0.3 is 42.6 Å². The molecule has 3 fully saturated rings. The molecule has 0 saturated carbocycles. The summed E-state index contributed by atoms with van der Waals surface area (Å²) >= 11 is 3.76. The average molecular weight is 1080 g/mol. The summed E-state index contributed by atoms with van der Waals surface area (Å²) in [5, 5.41) is 0. The summed E-state index contributed by atoms with van der Waals surface area (Å²) in [6.45, 7) is 7.19. The van der Waals surface area contributed by atoms with E-state index in [2.05, 4.69) is 45.0 Å². The zero-order valence-corrected chi connectivity index (χ0v) is 43.5. The fourth-order valence-electron chi connectivity index (χ4n) is 8.30. The minimum Gasteiger partial charge on any atom is -0.374 e. The number of ether oxygens (including phenoxy) is 9. The van der Waals surface area contributed by atoms with Gasteiger partial charge >= 0.3 is 0 Å². The van der Waals surface area contributed by atoms with Gasteiger partial charge in [0.15, 0.2) is 12.6 Å². The van der Waals surface area contributed by atoms with E-state index in [0.29, 0.717) is 6.61 Å². The summed E-state index contributed by atoms with van der Waals surface area (Å²) in [5.41, 5.74) is 2.48. The van der Waals surface area contributed by atoms with Gasteiger partial charge in [-0.05, 0) is 41.4 Å². The molecule has 0 bridgehead atoms. The molecule has 0 unspecified atom stereocenters. The molecule has 11 atom stereocenters. The number of alkyl halides is 1. The molecular formula is C51H61BrN2O13S2Si. The van der Waals surface area contributed by atoms with Crippen LogP contribution >= 0.6 is 15.9 Å². The van der Waals surface area contributed by atoms with Crippen LogP contribution in [0, 0.1) is 0 Å². The van der Waals surface area contributed by atoms with Crippen molar-refractivity contribution < 1.29 is 59.5 Å². The molecule has 0 spiro atoms. The number of halogens is 1. The molecule has 8 rings (SSSR count). The first kappa shape index (κ1) is 52.6. The third-order valence-electron chi connectivity index (χ3n) is 12.0. The molecule has 3 heterocycles. The summed E-state index contributed by atoms with van der Waals surface area (Å²) in [6.07, 6.45) is -9.38. The Bertz CT molecular complexity index is 2590. The molecule has 0 radical (unpaired) electrons. The molecule has 376 valence electrons. The van der Waals surface area contributed by atoms with E-state index < -0.39 is 94.4 Å². The zero-order valence-electron chi connectivity index (χ0n) is 39.2. The van der Waals surface area contributed by atoms with E-state index in [9.17, 15) is 16.8 Å². The van der Waals surface area contributed by atoms with E-state index in [4.69, 9.17) is 42.6 Å². The molecule has 3 aliphatic heterocycles. The molecule has 0 aromatic heterocycles. The second kappa shape index (κ2) is 24.3. The lowest BCUT2D eigenvalue weighted by molar-refractivity contribution is -0.364. The minimum atomic E-state index is -4.29. The van der Waals surface area contributed by atoms with E-state index in [-0.39, 0.29) is 43.0 Å². The Morgan fingerprint density at radius 2 is 1.19 bits per heavy atom. The first-order valence-electron chi connectivity index (χ1n) is 23.3. The Labute approximate surface area is 420 Å². The largest absolute Gasteiger partial charge is 0.374 e. The molecule has 5 aromatic rings. The number of fused-ring (bicyclic) bond motifs is 1. The number of nitrogens with one attached hydrogen (secondary N) is 2. The number of sulfonamides is 2. The van der Waals surface area contributed by atoms with Gasteiger partial charge in [-0.3, -0.25) is 0 Å². The van der Waals surface area contributed by atoms with Gasteiger partial charge in [-0.2, -0.15) is 4.72 Å². The summed E-state index contributed by atoms with van der Waals surface area (Å²) < 4.78 is 122. The molecule has 0 aliphatic carbocycles. The van der Waals surface area contributed by atoms with Crippen molar-refractivity contribution in [2.75, 3.05) is 26.6 Å². The van der Waals surface area contributed by atoms with Crippen LogP contribution in [-0.4, -0.2) is 112 Å². The quantitative estimate of drug-likeness (QED) is 0.0302. The predicted octanol–water partition coefficient (Wildman–Crippen LogP) is 7.52. The third-order valence-corrected chi connectivity index (χ3v) is 17.6. The highest BCUT2D eigenvalue weighted by Gasteiger charge is 2.56. The monoisotopic (exact) mass is 1080 g/mol. The zero-order chi connectivity index (χ0) is 49.1. The number of rotatable bonds is 22. The molecule has 70 heavy (non-hydrogen) atoms. The number of hydrogen-bond donors (Lipinski definition) is 2. The van der Waals surface area contributed by atoms with Gasteiger partial charge in [-0.15, -0.1) is 0 Å². The van der Waals surface area contributed by atoms with Gasteiger partial charge in [0.25, 0.3) is 0 Å². The van der Waals surface area contributed by atoms with Crippen molar-refractivity contribution >= 4 is 44.1 Å². The Morgan fingerprint density at radius 3 is 1.79 bits per heavy atom. The maximum Gasteiger partial charge on any atom is 0.242 e. The SMILES string of the molecule is C[Si](C)(C)CCOCO[C@H]1[C@H](Br)[C@@H](NS(=O)(=O)c2ccccc2)O[C@H](COCc2ccccc2)[C@H]1O[C@@H]1O[C@@H]2CO[C@@H](c3ccccc3)O[C@H]2[C@@H](OCc2ccccc2)[C@H]1NS(=O)(=O)c1ccccc1. The van der Waals surface area contributed by atoms with Crippen molar-refractivity contribution in [3.05, 3.63) is 168 Å². The van der Waals surface area contributed by atoms with Gasteiger partial charge in [0.05, 0.1) is 41.0 Å². The van der Waals surface area contributed by atoms with Crippen LogP contribution in [0.15, 0.2) is 161 Å². The molecule has 3 saturated heterocycles. The van der Waals surface area contributed by atoms with Crippen molar-refractivity contribution in [2.45, 2.75) is 115 Å². The minimum absolute atomic E-state index is 0.00618. The molecule has 0 amide bonds. The summed E-state index contributed by atoms with van der Waals surface area (Å²) in [5.74, 6) is 0. The van der Waals surface area contributed by atoms with E-state index >= 15 is 0 Å². The van der Waals surface area contributed by atoms with Crippen LogP contribution in [0.2, 0.25) is 25.7 Å². The molecular weight excluding hydrogens is 1020 g/mol. The standard InChI is InChI=1S/C51H61BrN2O13S2Si/c1-70(2,3)30-29-59-35-63-47-43(52)49(54-69(57,58)40-27-17-8-18-28-40)64-41(33-60-31-36-19-9-4-10-20-36)45(47)67-51-44(53-68(55,56)39-25-15-7-16-26-39)48(61-32-37-21-11-5-12-22-37)46-42(65-51)34-62-50(66-46)38-23-13-6-14-24-38/h4-28,41-51,53-54H,29-35H2,1-3H3/t41-,42-,43+,44-,45-,46-,47+,48+,49+,50-,51+/m1/s1. The summed E-state index contributed by atoms with van der Waals surface area (Å²) in [6, 6.07) is 44.1. The molecule has 2 N–H and O–H groups in total. The number of hydrogen-bond acceptors (Lipinski definition) is 13. The van der Waals surface area contributed by atoms with Crippen molar-refractivity contribution in [2.24, 2.45) is 0 Å². The highest BCUT2D eigenvalue weighted by Crippen LogP contribution is 2.39. The highest BCUT2D eigenvalue weighted by molar-refractivity contribution is 9.09. The van der Waals surface area contributed by atoms with Crippen LogP contribution < -0.4 is 9.44 Å². The summed E-state index contributed by atoms with van der Waals surface area (Å²) in [7, 11) is -9.91. The van der Waals surface area contributed by atoms with E-state index in [1.54, 1.807) is 36.4 Å². The van der Waals surface area contributed by atoms with Crippen LogP contribution in [0.5, 0.6) is 0 Å². The van der Waals surface area contributed by atoms with Crippen molar-refractivity contribution in [1.29, 1.82) is 0 Å². The maximum absolute atomic E-state index is 14.5. The third kappa shape index (κ3) is 14.1. The highest BCUT2D eigenvalue weighted by atomic mass is 79.9. The van der Waals surface area contributed by atoms with Gasteiger partial charge in [0.2, 0.25) is 20.0 Å². The lowest BCUT2D eigenvalue weighted by Crippen LogP contribution is -2.70. The van der Waals surface area contributed by atoms with Crippen molar-refractivity contribution in [3.8, 4) is 0 Å². The smallest absolute Gasteiger partial charge is 0.242 e. The maximum atomic E-state index is 14.5. The van der Waals surface area contributed by atoms with E-state index in [0.717, 1.165) is 22.7 Å². The Balaban J connectivity index is 1.17. The van der Waals surface area contributed by atoms with Crippen LogP contribution in [0.4, 0.5) is 0 Å². The fourth-order valence-corrected chi connectivity index (χ4v) is 12.4.